The van der Waals surface area contributed by atoms with Crippen LogP contribution in [-0.4, -0.2) is 46.3 Å². The van der Waals surface area contributed by atoms with Gasteiger partial charge in [-0.2, -0.15) is 0 Å². The fourth-order valence-corrected chi connectivity index (χ4v) is 4.19. The van der Waals surface area contributed by atoms with Gasteiger partial charge in [0.2, 0.25) is 0 Å². The van der Waals surface area contributed by atoms with Crippen molar-refractivity contribution in [2.45, 2.75) is 13.5 Å². The number of piperazine rings is 1. The highest BCUT2D eigenvalue weighted by Crippen LogP contribution is 2.23. The van der Waals surface area contributed by atoms with Crippen LogP contribution in [0.15, 0.2) is 35.0 Å². The Kier molecular flexibility index (Phi) is 4.55. The van der Waals surface area contributed by atoms with Crippen LogP contribution in [0.25, 0.3) is 10.6 Å². The number of aryl methyl sites for hydroxylation is 1. The Labute approximate surface area is 149 Å². The third-order valence-corrected chi connectivity index (χ3v) is 5.89. The molecule has 0 atom stereocenters. The SMILES string of the molecule is Cc1nc(CN2CCN(c3ccc(-c4cccs4)nn3)CC2)cs1. The minimum Gasteiger partial charge on any atom is -0.353 e. The smallest absolute Gasteiger partial charge is 0.151 e. The van der Waals surface area contributed by atoms with Gasteiger partial charge in [0.25, 0.3) is 0 Å². The molecule has 7 heteroatoms. The van der Waals surface area contributed by atoms with Crippen molar-refractivity contribution in [2.24, 2.45) is 0 Å². The minimum absolute atomic E-state index is 0.946. The highest BCUT2D eigenvalue weighted by molar-refractivity contribution is 7.13. The summed E-state index contributed by atoms with van der Waals surface area (Å²) in [5.74, 6) is 0.972. The molecule has 3 aromatic rings. The van der Waals surface area contributed by atoms with Crippen LogP contribution in [0, 0.1) is 6.92 Å². The molecule has 0 spiro atoms. The molecule has 5 nitrogen and oxygen atoms in total. The first-order valence-electron chi connectivity index (χ1n) is 8.04. The molecule has 4 rings (SSSR count). The van der Waals surface area contributed by atoms with Crippen LogP contribution >= 0.6 is 22.7 Å². The third kappa shape index (κ3) is 3.48. The second kappa shape index (κ2) is 6.96. The molecule has 24 heavy (non-hydrogen) atoms. The van der Waals surface area contributed by atoms with E-state index in [1.165, 1.54) is 5.69 Å². The lowest BCUT2D eigenvalue weighted by atomic mass is 10.2. The molecule has 1 saturated heterocycles. The van der Waals surface area contributed by atoms with Crippen molar-refractivity contribution in [3.05, 3.63) is 45.7 Å². The van der Waals surface area contributed by atoms with E-state index in [1.54, 1.807) is 22.7 Å². The predicted molar refractivity (Wildman–Crippen MR) is 99.7 cm³/mol. The number of anilines is 1. The van der Waals surface area contributed by atoms with Crippen molar-refractivity contribution < 1.29 is 0 Å². The number of nitrogens with zero attached hydrogens (tertiary/aromatic N) is 5. The van der Waals surface area contributed by atoms with Crippen LogP contribution in [0.5, 0.6) is 0 Å². The van der Waals surface area contributed by atoms with E-state index in [9.17, 15) is 0 Å². The van der Waals surface area contributed by atoms with E-state index < -0.39 is 0 Å². The normalized spacial score (nSPS) is 15.8. The molecular weight excluding hydrogens is 338 g/mol. The largest absolute Gasteiger partial charge is 0.353 e. The molecule has 3 aromatic heterocycles. The van der Waals surface area contributed by atoms with Gasteiger partial charge in [-0.25, -0.2) is 4.98 Å². The van der Waals surface area contributed by atoms with Crippen LogP contribution in [-0.2, 0) is 6.54 Å². The van der Waals surface area contributed by atoms with Gasteiger partial charge in [-0.3, -0.25) is 4.90 Å². The number of hydrogen-bond acceptors (Lipinski definition) is 7. The fourth-order valence-electron chi connectivity index (χ4n) is 2.89. The first-order valence-corrected chi connectivity index (χ1v) is 9.80. The number of hydrogen-bond donors (Lipinski definition) is 0. The van der Waals surface area contributed by atoms with E-state index in [2.05, 4.69) is 60.9 Å². The first kappa shape index (κ1) is 15.7. The van der Waals surface area contributed by atoms with Crippen molar-refractivity contribution in [1.82, 2.24) is 20.1 Å². The standard InChI is InChI=1S/C17H19N5S2/c1-13-18-14(12-24-13)11-21-6-8-22(9-7-21)17-5-4-15(19-20-17)16-3-2-10-23-16/h2-5,10,12H,6-9,11H2,1H3. The Morgan fingerprint density at radius 3 is 2.54 bits per heavy atom. The van der Waals surface area contributed by atoms with Gasteiger partial charge < -0.3 is 4.90 Å². The number of aromatic nitrogens is 3. The summed E-state index contributed by atoms with van der Waals surface area (Å²) in [6.07, 6.45) is 0. The van der Waals surface area contributed by atoms with E-state index in [0.717, 1.165) is 54.1 Å². The molecule has 1 aliphatic rings. The quantitative estimate of drug-likeness (QED) is 0.717. The van der Waals surface area contributed by atoms with E-state index in [1.807, 2.05) is 6.07 Å². The van der Waals surface area contributed by atoms with Gasteiger partial charge in [-0.05, 0) is 30.5 Å². The van der Waals surface area contributed by atoms with Crippen LogP contribution in [0.1, 0.15) is 10.7 Å². The van der Waals surface area contributed by atoms with E-state index in [-0.39, 0.29) is 0 Å². The highest BCUT2D eigenvalue weighted by Gasteiger charge is 2.19. The molecule has 1 aliphatic heterocycles. The molecule has 4 heterocycles. The Hall–Kier alpha value is -1.83. The molecule has 1 fully saturated rings. The van der Waals surface area contributed by atoms with Crippen molar-refractivity contribution in [2.75, 3.05) is 31.1 Å². The summed E-state index contributed by atoms with van der Waals surface area (Å²) in [6.45, 7) is 7.04. The molecule has 0 amide bonds. The van der Waals surface area contributed by atoms with Crippen LogP contribution < -0.4 is 4.90 Å². The topological polar surface area (TPSA) is 45.2 Å². The molecule has 0 aromatic carbocycles. The summed E-state index contributed by atoms with van der Waals surface area (Å²) < 4.78 is 0. The average Bonchev–Trinajstić information content (AvgIpc) is 3.28. The zero-order chi connectivity index (χ0) is 16.4. The Balaban J connectivity index is 1.35. The number of thiophene rings is 1. The van der Waals surface area contributed by atoms with E-state index >= 15 is 0 Å². The summed E-state index contributed by atoms with van der Waals surface area (Å²) >= 11 is 3.42. The van der Waals surface area contributed by atoms with Gasteiger partial charge in [0, 0.05) is 38.1 Å². The molecule has 0 bridgehead atoms. The molecule has 0 unspecified atom stereocenters. The monoisotopic (exact) mass is 357 g/mol. The van der Waals surface area contributed by atoms with Gasteiger partial charge in [0.15, 0.2) is 5.82 Å². The zero-order valence-electron chi connectivity index (χ0n) is 13.6. The molecule has 0 aliphatic carbocycles. The fraction of sp³-hybridized carbons (Fsp3) is 0.353. The van der Waals surface area contributed by atoms with E-state index in [0.29, 0.717) is 0 Å². The molecular formula is C17H19N5S2. The van der Waals surface area contributed by atoms with Gasteiger partial charge in [-0.1, -0.05) is 6.07 Å². The average molecular weight is 358 g/mol. The lowest BCUT2D eigenvalue weighted by Gasteiger charge is -2.34. The van der Waals surface area contributed by atoms with Crippen molar-refractivity contribution in [3.63, 3.8) is 0 Å². The lowest BCUT2D eigenvalue weighted by Crippen LogP contribution is -2.46. The maximum atomic E-state index is 4.56. The van der Waals surface area contributed by atoms with Crippen LogP contribution in [0.3, 0.4) is 0 Å². The van der Waals surface area contributed by atoms with Crippen LogP contribution in [0.2, 0.25) is 0 Å². The van der Waals surface area contributed by atoms with Gasteiger partial charge in [-0.15, -0.1) is 32.9 Å². The van der Waals surface area contributed by atoms with Crippen LogP contribution in [0.4, 0.5) is 5.82 Å². The minimum atomic E-state index is 0.946. The van der Waals surface area contributed by atoms with Gasteiger partial charge in [0.05, 0.1) is 15.6 Å². The first-order chi connectivity index (χ1) is 11.8. The summed E-state index contributed by atoms with van der Waals surface area (Å²) in [7, 11) is 0. The second-order valence-electron chi connectivity index (χ2n) is 5.88. The highest BCUT2D eigenvalue weighted by atomic mass is 32.1. The predicted octanol–water partition coefficient (Wildman–Crippen LogP) is 3.29. The van der Waals surface area contributed by atoms with E-state index in [4.69, 9.17) is 0 Å². The maximum absolute atomic E-state index is 4.56. The van der Waals surface area contributed by atoms with Crippen molar-refractivity contribution >= 4 is 28.5 Å². The Morgan fingerprint density at radius 1 is 1.04 bits per heavy atom. The molecule has 124 valence electrons. The third-order valence-electron chi connectivity index (χ3n) is 4.17. The molecule has 0 N–H and O–H groups in total. The van der Waals surface area contributed by atoms with Crippen molar-refractivity contribution in [3.8, 4) is 10.6 Å². The number of thiazole rings is 1. The Morgan fingerprint density at radius 2 is 1.92 bits per heavy atom. The summed E-state index contributed by atoms with van der Waals surface area (Å²) in [5.41, 5.74) is 2.14. The maximum Gasteiger partial charge on any atom is 0.151 e. The molecule has 0 radical (unpaired) electrons. The molecule has 0 saturated carbocycles. The Bertz CT molecular complexity index is 774. The second-order valence-corrected chi connectivity index (χ2v) is 7.89. The van der Waals surface area contributed by atoms with Gasteiger partial charge >= 0.3 is 0 Å². The van der Waals surface area contributed by atoms with Gasteiger partial charge in [0.1, 0.15) is 5.69 Å². The summed E-state index contributed by atoms with van der Waals surface area (Å²) in [4.78, 5) is 10.5. The summed E-state index contributed by atoms with van der Waals surface area (Å²) in [5, 5.41) is 14.2. The zero-order valence-corrected chi connectivity index (χ0v) is 15.2. The van der Waals surface area contributed by atoms with Crippen molar-refractivity contribution in [1.29, 1.82) is 0 Å². The summed E-state index contributed by atoms with van der Waals surface area (Å²) in [6, 6.07) is 8.27. The number of rotatable bonds is 4. The lowest BCUT2D eigenvalue weighted by molar-refractivity contribution is 0.247.